The molecule has 4 amide bonds. The number of aromatic nitrogens is 3. The molecule has 7 rings (SSSR count). The van der Waals surface area contributed by atoms with E-state index in [0.717, 1.165) is 16.7 Å². The summed E-state index contributed by atoms with van der Waals surface area (Å²) in [6.45, 7) is 11.0. The maximum Gasteiger partial charge on any atom is 0.408 e. The van der Waals surface area contributed by atoms with E-state index in [0.29, 0.717) is 49.2 Å². The van der Waals surface area contributed by atoms with Gasteiger partial charge in [-0.05, 0) is 76.5 Å². The fraction of sp³-hybridized carbons (Fsp3) is 0.488. The number of carbonyl (C=O) groups is 4. The quantitative estimate of drug-likeness (QED) is 0.243. The highest BCUT2D eigenvalue weighted by Gasteiger charge is 2.62. The molecular formula is C43H53N7O8S. The molecule has 3 fully saturated rings. The summed E-state index contributed by atoms with van der Waals surface area (Å²) in [5.74, 6) is -2.30. The number of allylic oxidation sites excluding steroid dienone is 1. The summed E-state index contributed by atoms with van der Waals surface area (Å²) in [6.07, 6.45) is 7.85. The summed E-state index contributed by atoms with van der Waals surface area (Å²) in [7, 11) is -2.31. The molecule has 2 aliphatic carbocycles. The first-order chi connectivity index (χ1) is 28.1. The number of alkyl carbamates (subject to hydrolysis) is 1. The van der Waals surface area contributed by atoms with E-state index in [1.54, 1.807) is 21.0 Å². The molecule has 16 heteroatoms. The molecule has 0 unspecified atom stereocenters. The van der Waals surface area contributed by atoms with E-state index in [4.69, 9.17) is 19.7 Å². The predicted octanol–water partition coefficient (Wildman–Crippen LogP) is 5.16. The number of hydrogen-bond donors (Lipinski definition) is 3. The first-order valence-corrected chi connectivity index (χ1v) is 21.8. The highest BCUT2D eigenvalue weighted by molar-refractivity contribution is 7.91. The van der Waals surface area contributed by atoms with Crippen molar-refractivity contribution in [1.82, 2.24) is 35.2 Å². The van der Waals surface area contributed by atoms with Gasteiger partial charge in [0.15, 0.2) is 0 Å². The largest absolute Gasteiger partial charge is 0.496 e. The smallest absolute Gasteiger partial charge is 0.408 e. The number of methoxy groups -OCH3 is 1. The summed E-state index contributed by atoms with van der Waals surface area (Å²) in [5, 5.41) is 15.0. The Morgan fingerprint density at radius 3 is 2.42 bits per heavy atom. The van der Waals surface area contributed by atoms with Crippen LogP contribution < -0.4 is 20.1 Å². The van der Waals surface area contributed by atoms with Gasteiger partial charge in [0.05, 0.1) is 18.4 Å². The van der Waals surface area contributed by atoms with Crippen molar-refractivity contribution < 1.29 is 37.1 Å². The Kier molecular flexibility index (Phi) is 11.5. The van der Waals surface area contributed by atoms with Crippen LogP contribution in [0.2, 0.25) is 0 Å². The van der Waals surface area contributed by atoms with Crippen LogP contribution in [0, 0.1) is 11.8 Å². The monoisotopic (exact) mass is 827 g/mol. The van der Waals surface area contributed by atoms with Gasteiger partial charge in [-0.2, -0.15) is 15.0 Å². The van der Waals surface area contributed by atoms with Crippen LogP contribution in [0.4, 0.5) is 4.79 Å². The molecule has 15 nitrogen and oxygen atoms in total. The minimum absolute atomic E-state index is 0.0124. The lowest BCUT2D eigenvalue weighted by Crippen LogP contribution is -2.59. The third-order valence-corrected chi connectivity index (χ3v) is 13.5. The molecule has 1 aromatic heterocycles. The van der Waals surface area contributed by atoms with E-state index in [9.17, 15) is 27.6 Å². The van der Waals surface area contributed by atoms with Crippen molar-refractivity contribution in [1.29, 1.82) is 0 Å². The minimum Gasteiger partial charge on any atom is -0.496 e. The normalized spacial score (nSPS) is 26.2. The summed E-state index contributed by atoms with van der Waals surface area (Å²) in [6, 6.07) is 12.5. The molecule has 3 aromatic rings. The molecule has 5 atom stereocenters. The van der Waals surface area contributed by atoms with Gasteiger partial charge in [0.2, 0.25) is 21.8 Å². The number of hydrogen-bond acceptors (Lipinski definition) is 10. The van der Waals surface area contributed by atoms with E-state index in [2.05, 4.69) is 28.0 Å². The Labute approximate surface area is 345 Å². The second-order valence-electron chi connectivity index (χ2n) is 16.9. The van der Waals surface area contributed by atoms with Crippen molar-refractivity contribution in [3.05, 3.63) is 72.8 Å². The minimum atomic E-state index is -3.92. The predicted molar refractivity (Wildman–Crippen MR) is 221 cm³/mol. The number of amides is 4. The molecule has 3 heterocycles. The molecule has 1 saturated heterocycles. The Morgan fingerprint density at radius 2 is 1.78 bits per heavy atom. The zero-order chi connectivity index (χ0) is 42.3. The lowest BCUT2D eigenvalue weighted by atomic mass is 10.00. The number of sulfonamides is 1. The van der Waals surface area contributed by atoms with Crippen LogP contribution in [0.25, 0.3) is 28.6 Å². The Hall–Kier alpha value is -5.51. The molecule has 59 heavy (non-hydrogen) atoms. The summed E-state index contributed by atoms with van der Waals surface area (Å²) in [5.41, 5.74) is 1.17. The second kappa shape index (κ2) is 16.3. The van der Waals surface area contributed by atoms with Crippen LogP contribution in [0.5, 0.6) is 5.75 Å². The molecule has 2 aromatic carbocycles. The Morgan fingerprint density at radius 1 is 1.07 bits per heavy atom. The zero-order valence-corrected chi connectivity index (χ0v) is 35.0. The average Bonchev–Trinajstić information content (AvgIpc) is 4.09. The van der Waals surface area contributed by atoms with Crippen LogP contribution in [0.3, 0.4) is 0 Å². The van der Waals surface area contributed by atoms with Gasteiger partial charge >= 0.3 is 6.09 Å². The third kappa shape index (κ3) is 8.77. The van der Waals surface area contributed by atoms with Gasteiger partial charge in [-0.3, -0.25) is 19.1 Å². The van der Waals surface area contributed by atoms with Gasteiger partial charge < -0.3 is 25.0 Å². The molecule has 3 N–H and O–H groups in total. The van der Waals surface area contributed by atoms with Crippen molar-refractivity contribution in [2.45, 2.75) is 107 Å². The topological polar surface area (TPSA) is 191 Å². The lowest BCUT2D eigenvalue weighted by molar-refractivity contribution is -0.141. The number of rotatable bonds is 9. The fourth-order valence-corrected chi connectivity index (χ4v) is 9.34. The van der Waals surface area contributed by atoms with Crippen molar-refractivity contribution in [3.63, 3.8) is 0 Å². The van der Waals surface area contributed by atoms with Crippen LogP contribution in [-0.4, -0.2) is 94.3 Å². The van der Waals surface area contributed by atoms with E-state index >= 15 is 0 Å². The van der Waals surface area contributed by atoms with Crippen LogP contribution in [-0.2, 0) is 29.1 Å². The van der Waals surface area contributed by atoms with Gasteiger partial charge in [-0.1, -0.05) is 62.4 Å². The van der Waals surface area contributed by atoms with Crippen molar-refractivity contribution in [2.24, 2.45) is 11.8 Å². The molecule has 0 radical (unpaired) electrons. The molecule has 2 aliphatic heterocycles. The Balaban J connectivity index is 1.30. The number of benzene rings is 2. The first-order valence-electron chi connectivity index (χ1n) is 20.2. The Bertz CT molecular complexity index is 2270. The second-order valence-corrected chi connectivity index (χ2v) is 18.9. The van der Waals surface area contributed by atoms with E-state index < -0.39 is 80.2 Å². The van der Waals surface area contributed by atoms with E-state index in [1.165, 1.54) is 15.8 Å². The maximum absolute atomic E-state index is 14.7. The van der Waals surface area contributed by atoms with E-state index in [1.807, 2.05) is 68.5 Å². The summed E-state index contributed by atoms with van der Waals surface area (Å²) in [4.78, 5) is 59.3. The van der Waals surface area contributed by atoms with Crippen molar-refractivity contribution in [2.75, 3.05) is 13.7 Å². The molecule has 314 valence electrons. The van der Waals surface area contributed by atoms with Gasteiger partial charge in [0.25, 0.3) is 5.91 Å². The number of nitrogens with zero attached hydrogens (tertiary/aromatic N) is 4. The highest BCUT2D eigenvalue weighted by Crippen LogP contribution is 2.46. The number of ether oxygens (including phenoxy) is 2. The number of nitrogens with one attached hydrogen (secondary N) is 3. The number of fused-ring (bicyclic) bond motifs is 8. The molecule has 4 aliphatic rings. The third-order valence-electron chi connectivity index (χ3n) is 11.6. The van der Waals surface area contributed by atoms with Gasteiger partial charge in [0.1, 0.15) is 40.4 Å². The summed E-state index contributed by atoms with van der Waals surface area (Å²) < 4.78 is 39.4. The molecule has 6 bridgehead atoms. The van der Waals surface area contributed by atoms with Crippen LogP contribution >= 0.6 is 0 Å². The highest BCUT2D eigenvalue weighted by atomic mass is 32.2. The summed E-state index contributed by atoms with van der Waals surface area (Å²) >= 11 is 0. The van der Waals surface area contributed by atoms with Crippen LogP contribution in [0.15, 0.2) is 67.3 Å². The first kappa shape index (κ1) is 41.6. The number of carbonyl (C=O) groups excluding carboxylic acids is 4. The van der Waals surface area contributed by atoms with Gasteiger partial charge in [0, 0.05) is 35.6 Å². The fourth-order valence-electron chi connectivity index (χ4n) is 7.98. The standard InChI is InChI=1S/C43H53N7O8S/c1-7-30-24-43(30,40(53)48-59(55,56)32-18-19-32)45-38(51)33-23-31-25-49(33)39(52)35(26(2)3)44-41(54)58-42(4,5)21-13-9-12-16-28-22-29(17-20-34(28)57-6)37-36(46-50(31)47-37)27-14-10-8-11-15-27/h7-8,10-12,14-17,20,22,26,30-33,35H,1,9,13,18-19,21,23-25H2,2-6H3,(H,44,54)(H,45,51)(H,48,53)/b16-12-/t30-,31-,33+,35+,43-/m1/s1. The van der Waals surface area contributed by atoms with Gasteiger partial charge in [-0.25, -0.2) is 13.2 Å². The van der Waals surface area contributed by atoms with Crippen molar-refractivity contribution >= 4 is 39.9 Å². The number of cyclic esters (lactones) is 1. The van der Waals surface area contributed by atoms with Crippen LogP contribution in [0.1, 0.15) is 84.2 Å². The SMILES string of the molecule is C=C[C@@H]1C[C@]1(NC(=O)[C@@H]1C[C@@H]2CN1C(=O)[C@H](C(C)C)NC(=O)OC(C)(C)CCC/C=C\c1cc(ccc1OC)-c1nn2nc1-c1ccccc1)C(=O)NS(=O)(=O)C1CC1. The maximum atomic E-state index is 14.7. The average molecular weight is 828 g/mol. The zero-order valence-electron chi connectivity index (χ0n) is 34.1. The molecule has 2 saturated carbocycles. The van der Waals surface area contributed by atoms with E-state index in [-0.39, 0.29) is 19.4 Å². The molecular weight excluding hydrogens is 775 g/mol. The van der Waals surface area contributed by atoms with Gasteiger partial charge in [-0.15, -0.1) is 6.58 Å². The van der Waals surface area contributed by atoms with Crippen molar-refractivity contribution in [3.8, 4) is 28.3 Å². The molecule has 0 spiro atoms. The lowest BCUT2D eigenvalue weighted by Gasteiger charge is -2.32.